The molecule has 2 aromatic carbocycles. The van der Waals surface area contributed by atoms with Gasteiger partial charge in [-0.1, -0.05) is 24.3 Å². The van der Waals surface area contributed by atoms with E-state index in [1.165, 1.54) is 11.0 Å². The van der Waals surface area contributed by atoms with Gasteiger partial charge in [-0.25, -0.2) is 8.78 Å². The normalized spacial score (nSPS) is 15.5. The number of para-hydroxylation sites is 1. The topological polar surface area (TPSA) is 86.7 Å². The molecule has 0 saturated heterocycles. The molecule has 0 radical (unpaired) electrons. The van der Waals surface area contributed by atoms with Crippen molar-refractivity contribution in [3.05, 3.63) is 65.2 Å². The van der Waals surface area contributed by atoms with Crippen LogP contribution < -0.4 is 5.32 Å². The first-order valence-corrected chi connectivity index (χ1v) is 8.68. The van der Waals surface area contributed by atoms with Crippen LogP contribution >= 0.6 is 0 Å². The SMILES string of the molecule is O=C(O)CCN(Cc1ccc(F)c(F)c1)C(=O)[C@@H]1CC(=O)Nc2ccccc21. The second-order valence-corrected chi connectivity index (χ2v) is 6.54. The molecule has 2 aromatic rings. The largest absolute Gasteiger partial charge is 0.481 e. The van der Waals surface area contributed by atoms with E-state index < -0.39 is 29.4 Å². The van der Waals surface area contributed by atoms with Gasteiger partial charge >= 0.3 is 5.97 Å². The van der Waals surface area contributed by atoms with Gasteiger partial charge in [-0.3, -0.25) is 14.4 Å². The Morgan fingerprint density at radius 2 is 1.89 bits per heavy atom. The number of carbonyl (C=O) groups excluding carboxylic acids is 2. The van der Waals surface area contributed by atoms with E-state index in [4.69, 9.17) is 5.11 Å². The zero-order valence-corrected chi connectivity index (χ0v) is 14.8. The highest BCUT2D eigenvalue weighted by molar-refractivity contribution is 6.01. The van der Waals surface area contributed by atoms with Crippen LogP contribution in [0.2, 0.25) is 0 Å². The Balaban J connectivity index is 1.89. The minimum Gasteiger partial charge on any atom is -0.481 e. The molecule has 0 unspecified atom stereocenters. The number of amides is 2. The molecular weight excluding hydrogens is 370 g/mol. The molecule has 2 amide bonds. The fraction of sp³-hybridized carbons (Fsp3) is 0.250. The summed E-state index contributed by atoms with van der Waals surface area (Å²) in [7, 11) is 0. The highest BCUT2D eigenvalue weighted by atomic mass is 19.2. The Bertz CT molecular complexity index is 932. The molecule has 1 aliphatic rings. The number of carboxylic acids is 1. The highest BCUT2D eigenvalue weighted by Crippen LogP contribution is 2.33. The van der Waals surface area contributed by atoms with Crippen LogP contribution in [0.3, 0.4) is 0 Å². The van der Waals surface area contributed by atoms with E-state index in [-0.39, 0.29) is 31.8 Å². The first-order valence-electron chi connectivity index (χ1n) is 8.68. The lowest BCUT2D eigenvalue weighted by Crippen LogP contribution is -2.39. The van der Waals surface area contributed by atoms with Crippen LogP contribution in [-0.2, 0) is 20.9 Å². The van der Waals surface area contributed by atoms with Crippen molar-refractivity contribution in [2.75, 3.05) is 11.9 Å². The van der Waals surface area contributed by atoms with Crippen LogP contribution in [-0.4, -0.2) is 34.3 Å². The van der Waals surface area contributed by atoms with Crippen molar-refractivity contribution >= 4 is 23.5 Å². The molecule has 1 heterocycles. The fourth-order valence-corrected chi connectivity index (χ4v) is 3.21. The summed E-state index contributed by atoms with van der Waals surface area (Å²) in [6.45, 7) is -0.211. The number of nitrogens with one attached hydrogen (secondary N) is 1. The molecule has 1 aliphatic heterocycles. The van der Waals surface area contributed by atoms with Gasteiger partial charge in [-0.2, -0.15) is 0 Å². The molecule has 3 rings (SSSR count). The average Bonchev–Trinajstić information content (AvgIpc) is 2.66. The second kappa shape index (κ2) is 8.16. The predicted octanol–water partition coefficient (Wildman–Crippen LogP) is 2.89. The number of rotatable bonds is 6. The first-order chi connectivity index (χ1) is 13.3. The molecule has 0 bridgehead atoms. The zero-order valence-electron chi connectivity index (χ0n) is 14.8. The molecule has 8 heteroatoms. The number of fused-ring (bicyclic) bond motifs is 1. The van der Waals surface area contributed by atoms with Gasteiger partial charge in [0.05, 0.1) is 12.3 Å². The molecular formula is C20H18F2N2O4. The van der Waals surface area contributed by atoms with Gasteiger partial charge in [0.25, 0.3) is 0 Å². The highest BCUT2D eigenvalue weighted by Gasteiger charge is 2.33. The van der Waals surface area contributed by atoms with Crippen molar-refractivity contribution < 1.29 is 28.3 Å². The van der Waals surface area contributed by atoms with Crippen LogP contribution in [0.1, 0.15) is 29.9 Å². The number of hydrogen-bond donors (Lipinski definition) is 2. The van der Waals surface area contributed by atoms with Gasteiger partial charge in [0.2, 0.25) is 11.8 Å². The van der Waals surface area contributed by atoms with Crippen LogP contribution in [0.5, 0.6) is 0 Å². The summed E-state index contributed by atoms with van der Waals surface area (Å²) in [5.41, 5.74) is 1.49. The monoisotopic (exact) mass is 388 g/mol. The summed E-state index contributed by atoms with van der Waals surface area (Å²) in [5, 5.41) is 11.7. The van der Waals surface area contributed by atoms with Gasteiger partial charge in [-0.15, -0.1) is 0 Å². The lowest BCUT2D eigenvalue weighted by atomic mass is 9.89. The van der Waals surface area contributed by atoms with Crippen molar-refractivity contribution in [1.82, 2.24) is 4.90 Å². The maximum atomic E-state index is 13.5. The molecule has 0 aliphatic carbocycles. The van der Waals surface area contributed by atoms with Crippen molar-refractivity contribution in [2.45, 2.75) is 25.3 Å². The van der Waals surface area contributed by atoms with Crippen LogP contribution in [0.25, 0.3) is 0 Å². The summed E-state index contributed by atoms with van der Waals surface area (Å²) in [4.78, 5) is 37.4. The minimum atomic E-state index is -1.09. The maximum absolute atomic E-state index is 13.5. The third-order valence-electron chi connectivity index (χ3n) is 4.56. The van der Waals surface area contributed by atoms with Gasteiger partial charge in [-0.05, 0) is 29.3 Å². The van der Waals surface area contributed by atoms with Crippen LogP contribution in [0.4, 0.5) is 14.5 Å². The zero-order chi connectivity index (χ0) is 20.3. The summed E-state index contributed by atoms with van der Waals surface area (Å²) >= 11 is 0. The molecule has 0 saturated carbocycles. The summed E-state index contributed by atoms with van der Waals surface area (Å²) < 4.78 is 26.7. The second-order valence-electron chi connectivity index (χ2n) is 6.54. The molecule has 28 heavy (non-hydrogen) atoms. The molecule has 0 aromatic heterocycles. The van der Waals surface area contributed by atoms with Gasteiger partial charge in [0, 0.05) is 25.2 Å². The number of halogens is 2. The number of carbonyl (C=O) groups is 3. The number of aliphatic carboxylic acids is 1. The third kappa shape index (κ3) is 4.33. The van der Waals surface area contributed by atoms with Crippen LogP contribution in [0.15, 0.2) is 42.5 Å². The standard InChI is InChI=1S/C20H18F2N2O4/c21-15-6-5-12(9-16(15)22)11-24(8-7-19(26)27)20(28)14-10-18(25)23-17-4-2-1-3-13(14)17/h1-6,9,14H,7-8,10-11H2,(H,23,25)(H,26,27)/t14-/m1/s1. The van der Waals surface area contributed by atoms with E-state index in [0.717, 1.165) is 12.1 Å². The Hall–Kier alpha value is -3.29. The quantitative estimate of drug-likeness (QED) is 0.797. The molecule has 0 spiro atoms. The first kappa shape index (κ1) is 19.5. The van der Waals surface area contributed by atoms with E-state index in [9.17, 15) is 23.2 Å². The Labute approximate surface area is 159 Å². The van der Waals surface area contributed by atoms with Crippen molar-refractivity contribution in [3.8, 4) is 0 Å². The molecule has 6 nitrogen and oxygen atoms in total. The van der Waals surface area contributed by atoms with E-state index in [0.29, 0.717) is 16.8 Å². The van der Waals surface area contributed by atoms with E-state index in [1.807, 2.05) is 0 Å². The Morgan fingerprint density at radius 3 is 2.61 bits per heavy atom. The minimum absolute atomic E-state index is 0.0722. The molecule has 146 valence electrons. The van der Waals surface area contributed by atoms with Crippen molar-refractivity contribution in [3.63, 3.8) is 0 Å². The van der Waals surface area contributed by atoms with Crippen LogP contribution in [0, 0.1) is 11.6 Å². The number of anilines is 1. The number of hydrogen-bond acceptors (Lipinski definition) is 3. The molecule has 2 N–H and O–H groups in total. The Kier molecular flexibility index (Phi) is 5.67. The van der Waals surface area contributed by atoms with Gasteiger partial charge in [0.1, 0.15) is 0 Å². The third-order valence-corrected chi connectivity index (χ3v) is 4.56. The summed E-state index contributed by atoms with van der Waals surface area (Å²) in [5.74, 6) is -4.68. The van der Waals surface area contributed by atoms with Gasteiger partial charge in [0.15, 0.2) is 11.6 Å². The molecule has 0 fully saturated rings. The smallest absolute Gasteiger partial charge is 0.305 e. The lowest BCUT2D eigenvalue weighted by molar-refractivity contribution is -0.140. The van der Waals surface area contributed by atoms with Crippen molar-refractivity contribution in [1.29, 1.82) is 0 Å². The van der Waals surface area contributed by atoms with E-state index >= 15 is 0 Å². The predicted molar refractivity (Wildman–Crippen MR) is 96.5 cm³/mol. The average molecular weight is 388 g/mol. The maximum Gasteiger partial charge on any atom is 0.305 e. The number of nitrogens with zero attached hydrogens (tertiary/aromatic N) is 1. The van der Waals surface area contributed by atoms with E-state index in [1.54, 1.807) is 24.3 Å². The number of carboxylic acid groups (broad SMARTS) is 1. The molecule has 1 atom stereocenters. The van der Waals surface area contributed by atoms with Gasteiger partial charge < -0.3 is 15.3 Å². The fourth-order valence-electron chi connectivity index (χ4n) is 3.21. The van der Waals surface area contributed by atoms with Crippen molar-refractivity contribution in [2.24, 2.45) is 0 Å². The Morgan fingerprint density at radius 1 is 1.14 bits per heavy atom. The lowest BCUT2D eigenvalue weighted by Gasteiger charge is -2.30. The summed E-state index contributed by atoms with van der Waals surface area (Å²) in [6.07, 6.45) is -0.382. The van der Waals surface area contributed by atoms with E-state index in [2.05, 4.69) is 5.32 Å². The number of benzene rings is 2. The summed E-state index contributed by atoms with van der Waals surface area (Å²) in [6, 6.07) is 10.1.